The SMILES string of the molecule is CCC(NC(=O)c1cccc2nc3cc(OC)ccc3nc12)C(N)C(CC)NC(=O)c1cccc2nc3cc(OC)ccc3nc12. The molecule has 4 N–H and O–H groups in total. The van der Waals surface area contributed by atoms with E-state index >= 15 is 0 Å². The molecule has 4 aromatic carbocycles. The molecule has 0 radical (unpaired) electrons. The third kappa shape index (κ3) is 5.84. The van der Waals surface area contributed by atoms with Gasteiger partial charge >= 0.3 is 0 Å². The van der Waals surface area contributed by atoms with Crippen LogP contribution in [0.3, 0.4) is 0 Å². The van der Waals surface area contributed by atoms with Crippen LogP contribution >= 0.6 is 0 Å². The van der Waals surface area contributed by atoms with Gasteiger partial charge in [-0.3, -0.25) is 9.59 Å². The number of ether oxygens (including phenoxy) is 2. The summed E-state index contributed by atoms with van der Waals surface area (Å²) in [7, 11) is 3.19. The lowest BCUT2D eigenvalue weighted by Crippen LogP contribution is -2.58. The maximum absolute atomic E-state index is 13.7. The zero-order valence-corrected chi connectivity index (χ0v) is 26.1. The number of nitrogens with one attached hydrogen (secondary N) is 2. The number of hydrogen-bond acceptors (Lipinski definition) is 9. The molecule has 0 aliphatic carbocycles. The van der Waals surface area contributed by atoms with Crippen LogP contribution in [0.15, 0.2) is 72.8 Å². The molecule has 2 aromatic heterocycles. The fraction of sp³-hybridized carbons (Fsp3) is 0.257. The molecule has 6 rings (SSSR count). The molecule has 11 heteroatoms. The molecule has 46 heavy (non-hydrogen) atoms. The minimum absolute atomic E-state index is 0.316. The largest absolute Gasteiger partial charge is 0.497 e. The predicted molar refractivity (Wildman–Crippen MR) is 178 cm³/mol. The topological polar surface area (TPSA) is 154 Å². The van der Waals surface area contributed by atoms with E-state index < -0.39 is 18.1 Å². The molecular formula is C35H35N7O4. The Morgan fingerprint density at radius 3 is 1.46 bits per heavy atom. The number of aromatic nitrogens is 4. The molecule has 2 atom stereocenters. The van der Waals surface area contributed by atoms with Gasteiger partial charge in [-0.05, 0) is 61.4 Å². The van der Waals surface area contributed by atoms with Crippen molar-refractivity contribution in [2.24, 2.45) is 5.73 Å². The quantitative estimate of drug-likeness (QED) is 0.181. The van der Waals surface area contributed by atoms with E-state index in [1.807, 2.05) is 50.2 Å². The zero-order valence-electron chi connectivity index (χ0n) is 26.1. The molecule has 234 valence electrons. The molecule has 2 amide bonds. The minimum Gasteiger partial charge on any atom is -0.497 e. The van der Waals surface area contributed by atoms with Crippen LogP contribution in [0, 0.1) is 0 Å². The van der Waals surface area contributed by atoms with Crippen LogP contribution in [0.2, 0.25) is 0 Å². The summed E-state index contributed by atoms with van der Waals surface area (Å²) in [6, 6.07) is 20.1. The highest BCUT2D eigenvalue weighted by Crippen LogP contribution is 2.25. The summed E-state index contributed by atoms with van der Waals surface area (Å²) in [5.41, 5.74) is 12.3. The van der Waals surface area contributed by atoms with Gasteiger partial charge in [0.2, 0.25) is 0 Å². The van der Waals surface area contributed by atoms with Gasteiger partial charge in [0.25, 0.3) is 11.8 Å². The second-order valence-electron chi connectivity index (χ2n) is 11.1. The lowest BCUT2D eigenvalue weighted by Gasteiger charge is -2.31. The highest BCUT2D eigenvalue weighted by molar-refractivity contribution is 6.07. The molecule has 0 aliphatic rings. The number of nitrogens with two attached hydrogens (primary N) is 1. The number of rotatable bonds is 10. The number of benzene rings is 4. The van der Waals surface area contributed by atoms with Crippen molar-refractivity contribution < 1.29 is 19.1 Å². The van der Waals surface area contributed by atoms with Crippen molar-refractivity contribution in [2.45, 2.75) is 44.8 Å². The minimum atomic E-state index is -0.577. The number of para-hydroxylation sites is 2. The van der Waals surface area contributed by atoms with Gasteiger partial charge in [0.1, 0.15) is 22.5 Å². The second-order valence-corrected chi connectivity index (χ2v) is 11.1. The fourth-order valence-corrected chi connectivity index (χ4v) is 5.69. The first kappa shape index (κ1) is 30.6. The number of methoxy groups -OCH3 is 2. The van der Waals surface area contributed by atoms with Gasteiger partial charge < -0.3 is 25.8 Å². The molecular weight excluding hydrogens is 582 g/mol. The standard InChI is InChI=1S/C35H35N7O4/c1-5-23(41-34(43)21-9-7-11-27-32(21)39-25-15-13-19(45-3)17-29(25)37-27)31(36)24(6-2)42-35(44)22-10-8-12-28-33(22)40-26-16-14-20(46-4)18-30(26)38-28/h7-18,23-24,31H,5-6,36H2,1-4H3,(H,41,43)(H,42,44). The van der Waals surface area contributed by atoms with Gasteiger partial charge in [-0.15, -0.1) is 0 Å². The third-order valence-electron chi connectivity index (χ3n) is 8.27. The summed E-state index contributed by atoms with van der Waals surface area (Å²) < 4.78 is 10.6. The molecule has 0 fully saturated rings. The Bertz CT molecular complexity index is 1950. The maximum atomic E-state index is 13.7. The first-order valence-electron chi connectivity index (χ1n) is 15.2. The molecule has 2 unspecified atom stereocenters. The van der Waals surface area contributed by atoms with Gasteiger partial charge in [0.15, 0.2) is 0 Å². The lowest BCUT2D eigenvalue weighted by atomic mass is 9.95. The number of amides is 2. The van der Waals surface area contributed by atoms with Crippen LogP contribution < -0.4 is 25.8 Å². The van der Waals surface area contributed by atoms with Gasteiger partial charge in [-0.2, -0.15) is 0 Å². The summed E-state index contributed by atoms with van der Waals surface area (Å²) >= 11 is 0. The average molecular weight is 618 g/mol. The van der Waals surface area contributed by atoms with Crippen molar-refractivity contribution in [3.8, 4) is 11.5 Å². The van der Waals surface area contributed by atoms with E-state index in [9.17, 15) is 9.59 Å². The Labute approximate surface area is 265 Å². The van der Waals surface area contributed by atoms with Gasteiger partial charge in [-0.1, -0.05) is 26.0 Å². The van der Waals surface area contributed by atoms with E-state index in [-0.39, 0.29) is 11.8 Å². The highest BCUT2D eigenvalue weighted by Gasteiger charge is 2.28. The average Bonchev–Trinajstić information content (AvgIpc) is 3.09. The number of carbonyl (C=O) groups is 2. The summed E-state index contributed by atoms with van der Waals surface area (Å²) in [5, 5.41) is 6.18. The van der Waals surface area contributed by atoms with Crippen molar-refractivity contribution in [1.29, 1.82) is 0 Å². The zero-order chi connectivity index (χ0) is 32.4. The van der Waals surface area contributed by atoms with Crippen molar-refractivity contribution in [3.05, 3.63) is 83.9 Å². The number of nitrogens with zero attached hydrogens (tertiary/aromatic N) is 4. The normalized spacial score (nSPS) is 13.4. The van der Waals surface area contributed by atoms with E-state index in [2.05, 4.69) is 10.6 Å². The number of hydrogen-bond donors (Lipinski definition) is 3. The summed E-state index contributed by atoms with van der Waals surface area (Å²) in [6.07, 6.45) is 1.10. The second kappa shape index (κ2) is 12.9. The molecule has 0 saturated heterocycles. The van der Waals surface area contributed by atoms with Crippen LogP contribution in [0.25, 0.3) is 44.1 Å². The fourth-order valence-electron chi connectivity index (χ4n) is 5.69. The molecule has 0 bridgehead atoms. The Balaban J connectivity index is 1.23. The first-order chi connectivity index (χ1) is 22.3. The van der Waals surface area contributed by atoms with Crippen LogP contribution in [-0.4, -0.2) is 64.1 Å². The smallest absolute Gasteiger partial charge is 0.253 e. The summed E-state index contributed by atoms with van der Waals surface area (Å²) in [4.78, 5) is 46.2. The Hall–Kier alpha value is -5.42. The van der Waals surface area contributed by atoms with Crippen molar-refractivity contribution in [3.63, 3.8) is 0 Å². The summed E-state index contributed by atoms with van der Waals surface area (Å²) in [6.45, 7) is 3.90. The van der Waals surface area contributed by atoms with E-state index in [1.165, 1.54) is 0 Å². The molecule has 0 spiro atoms. The van der Waals surface area contributed by atoms with Crippen molar-refractivity contribution >= 4 is 55.9 Å². The highest BCUT2D eigenvalue weighted by atomic mass is 16.5. The van der Waals surface area contributed by atoms with Gasteiger partial charge in [-0.25, -0.2) is 19.9 Å². The van der Waals surface area contributed by atoms with Crippen LogP contribution in [-0.2, 0) is 0 Å². The van der Waals surface area contributed by atoms with Crippen LogP contribution in [0.5, 0.6) is 11.5 Å². The van der Waals surface area contributed by atoms with E-state index in [4.69, 9.17) is 35.1 Å². The molecule has 6 aromatic rings. The Morgan fingerprint density at radius 1 is 0.630 bits per heavy atom. The molecule has 2 heterocycles. The van der Waals surface area contributed by atoms with E-state index in [0.717, 1.165) is 0 Å². The lowest BCUT2D eigenvalue weighted by molar-refractivity contribution is 0.0909. The number of carbonyl (C=O) groups excluding carboxylic acids is 2. The van der Waals surface area contributed by atoms with Gasteiger partial charge in [0.05, 0.1) is 58.4 Å². The number of fused-ring (bicyclic) bond motifs is 4. The molecule has 11 nitrogen and oxygen atoms in total. The first-order valence-corrected chi connectivity index (χ1v) is 15.2. The third-order valence-corrected chi connectivity index (χ3v) is 8.27. The van der Waals surface area contributed by atoms with Gasteiger partial charge in [0, 0.05) is 30.3 Å². The van der Waals surface area contributed by atoms with Crippen LogP contribution in [0.4, 0.5) is 0 Å². The molecule has 0 aliphatic heterocycles. The maximum Gasteiger partial charge on any atom is 0.253 e. The predicted octanol–water partition coefficient (Wildman–Crippen LogP) is 4.94. The Morgan fingerprint density at radius 2 is 1.07 bits per heavy atom. The monoisotopic (exact) mass is 617 g/mol. The Kier molecular flexibility index (Phi) is 8.58. The summed E-state index contributed by atoms with van der Waals surface area (Å²) in [5.74, 6) is 0.721. The van der Waals surface area contributed by atoms with Crippen molar-refractivity contribution in [1.82, 2.24) is 30.6 Å². The van der Waals surface area contributed by atoms with E-state index in [0.29, 0.717) is 79.6 Å². The van der Waals surface area contributed by atoms with Crippen LogP contribution in [0.1, 0.15) is 47.4 Å². The van der Waals surface area contributed by atoms with E-state index in [1.54, 1.807) is 50.6 Å². The molecule has 0 saturated carbocycles. The van der Waals surface area contributed by atoms with Crippen molar-refractivity contribution in [2.75, 3.05) is 14.2 Å².